The van der Waals surface area contributed by atoms with Gasteiger partial charge in [0, 0.05) is 0 Å². The molecule has 0 aromatic heterocycles. The van der Waals surface area contributed by atoms with E-state index < -0.39 is 24.3 Å². The fraction of sp³-hybridized carbons (Fsp3) is 0.429. The molecule has 1 aromatic rings. The average molecular weight is 281 g/mol. The zero-order valence-corrected chi connectivity index (χ0v) is 10.9. The van der Waals surface area contributed by atoms with Gasteiger partial charge in [0.25, 0.3) is 0 Å². The van der Waals surface area contributed by atoms with Crippen LogP contribution >= 0.6 is 0 Å². The Morgan fingerprint density at radius 1 is 1.30 bits per heavy atom. The third-order valence-corrected chi connectivity index (χ3v) is 3.25. The molecule has 1 aromatic carbocycles. The quantitative estimate of drug-likeness (QED) is 0.922. The van der Waals surface area contributed by atoms with Crippen molar-refractivity contribution in [3.63, 3.8) is 0 Å². The first kappa shape index (κ1) is 14.3. The predicted molar refractivity (Wildman–Crippen MR) is 68.9 cm³/mol. The number of ether oxygens (including phenoxy) is 1. The van der Waals surface area contributed by atoms with Gasteiger partial charge in [0.15, 0.2) is 0 Å². The summed E-state index contributed by atoms with van der Waals surface area (Å²) in [7, 11) is 0. The summed E-state index contributed by atoms with van der Waals surface area (Å²) in [6, 6.07) is 8.02. The molecule has 1 aliphatic rings. The fourth-order valence-electron chi connectivity index (χ4n) is 2.19. The third kappa shape index (κ3) is 3.46. The van der Waals surface area contributed by atoms with Gasteiger partial charge in [-0.15, -0.1) is 0 Å². The zero-order chi connectivity index (χ0) is 14.5. The number of carboxylic acid groups (broad SMARTS) is 1. The molecule has 1 heterocycles. The van der Waals surface area contributed by atoms with Crippen molar-refractivity contribution in [3.8, 4) is 0 Å². The maximum atomic E-state index is 13.4. The minimum absolute atomic E-state index is 0.0411. The van der Waals surface area contributed by atoms with Crippen LogP contribution < -0.4 is 0 Å². The second-order valence-electron chi connectivity index (χ2n) is 4.72. The van der Waals surface area contributed by atoms with Crippen LogP contribution in [0, 0.1) is 0 Å². The lowest BCUT2D eigenvalue weighted by atomic mass is 10.0. The largest absolute Gasteiger partial charge is 0.480 e. The van der Waals surface area contributed by atoms with Crippen molar-refractivity contribution in [2.45, 2.75) is 31.7 Å². The number of carbonyl (C=O) groups is 2. The van der Waals surface area contributed by atoms with E-state index >= 15 is 0 Å². The Morgan fingerprint density at radius 3 is 2.65 bits per heavy atom. The van der Waals surface area contributed by atoms with E-state index in [1.165, 1.54) is 0 Å². The van der Waals surface area contributed by atoms with Crippen LogP contribution in [-0.4, -0.2) is 40.8 Å². The fourth-order valence-corrected chi connectivity index (χ4v) is 2.19. The monoisotopic (exact) mass is 281 g/mol. The molecule has 6 heteroatoms. The molecule has 2 atom stereocenters. The van der Waals surface area contributed by atoms with Gasteiger partial charge >= 0.3 is 12.1 Å². The minimum atomic E-state index is -1.20. The van der Waals surface area contributed by atoms with Gasteiger partial charge in [0.1, 0.15) is 18.8 Å². The smallest absolute Gasteiger partial charge is 0.410 e. The number of carbonyl (C=O) groups excluding carboxylic acids is 1. The van der Waals surface area contributed by atoms with E-state index in [-0.39, 0.29) is 26.0 Å². The Balaban J connectivity index is 1.97. The summed E-state index contributed by atoms with van der Waals surface area (Å²) in [6.07, 6.45) is -1.73. The Labute approximate surface area is 116 Å². The molecule has 2 rings (SSSR count). The molecule has 5 nitrogen and oxygen atoms in total. The SMILES string of the molecule is O=C(O)C1CCC(F)CN1C(=O)OCc1ccccc1. The zero-order valence-electron chi connectivity index (χ0n) is 10.9. The number of aliphatic carboxylic acids is 1. The van der Waals surface area contributed by atoms with Gasteiger partial charge in [0.2, 0.25) is 0 Å². The summed E-state index contributed by atoms with van der Waals surface area (Å²) in [4.78, 5) is 23.9. The van der Waals surface area contributed by atoms with Gasteiger partial charge < -0.3 is 9.84 Å². The van der Waals surface area contributed by atoms with E-state index in [4.69, 9.17) is 9.84 Å². The first-order chi connectivity index (χ1) is 9.58. The standard InChI is InChI=1S/C14H16FNO4/c15-11-6-7-12(13(17)18)16(8-11)14(19)20-9-10-4-2-1-3-5-10/h1-5,11-12H,6-9H2,(H,17,18). The molecule has 0 aliphatic carbocycles. The number of likely N-dealkylation sites (tertiary alicyclic amines) is 1. The molecule has 0 spiro atoms. The number of halogens is 1. The van der Waals surface area contributed by atoms with E-state index in [2.05, 4.69) is 0 Å². The van der Waals surface area contributed by atoms with Crippen LogP contribution in [0.3, 0.4) is 0 Å². The third-order valence-electron chi connectivity index (χ3n) is 3.25. The van der Waals surface area contributed by atoms with Crippen LogP contribution in [0.15, 0.2) is 30.3 Å². The van der Waals surface area contributed by atoms with E-state index in [1.54, 1.807) is 12.1 Å². The summed E-state index contributed by atoms with van der Waals surface area (Å²) in [5.74, 6) is -1.13. The second kappa shape index (κ2) is 6.36. The number of carboxylic acids is 1. The number of benzene rings is 1. The van der Waals surface area contributed by atoms with E-state index in [1.807, 2.05) is 18.2 Å². The predicted octanol–water partition coefficient (Wildman–Crippen LogP) is 2.21. The van der Waals surface area contributed by atoms with Crippen molar-refractivity contribution < 1.29 is 23.8 Å². The second-order valence-corrected chi connectivity index (χ2v) is 4.72. The maximum Gasteiger partial charge on any atom is 0.410 e. The number of hydrogen-bond acceptors (Lipinski definition) is 3. The number of rotatable bonds is 3. The Kier molecular flexibility index (Phi) is 4.55. The van der Waals surface area contributed by atoms with E-state index in [0.717, 1.165) is 10.5 Å². The van der Waals surface area contributed by atoms with Crippen molar-refractivity contribution in [2.75, 3.05) is 6.54 Å². The molecule has 1 N–H and O–H groups in total. The van der Waals surface area contributed by atoms with Crippen LogP contribution in [-0.2, 0) is 16.1 Å². The van der Waals surface area contributed by atoms with E-state index in [9.17, 15) is 14.0 Å². The van der Waals surface area contributed by atoms with Crippen molar-refractivity contribution in [3.05, 3.63) is 35.9 Å². The van der Waals surface area contributed by atoms with Gasteiger partial charge in [-0.2, -0.15) is 0 Å². The first-order valence-corrected chi connectivity index (χ1v) is 6.42. The number of nitrogens with zero attached hydrogens (tertiary/aromatic N) is 1. The number of hydrogen-bond donors (Lipinski definition) is 1. The van der Waals surface area contributed by atoms with Gasteiger partial charge in [-0.25, -0.2) is 14.0 Å². The van der Waals surface area contributed by atoms with Gasteiger partial charge in [-0.1, -0.05) is 30.3 Å². The van der Waals surface area contributed by atoms with Crippen molar-refractivity contribution >= 4 is 12.1 Å². The molecule has 0 radical (unpaired) electrons. The molecule has 1 amide bonds. The number of alkyl halides is 1. The summed E-state index contributed by atoms with van der Waals surface area (Å²) in [5.41, 5.74) is 0.793. The molecule has 108 valence electrons. The van der Waals surface area contributed by atoms with E-state index in [0.29, 0.717) is 0 Å². The van der Waals surface area contributed by atoms with Crippen LogP contribution in [0.1, 0.15) is 18.4 Å². The molecule has 0 saturated carbocycles. The highest BCUT2D eigenvalue weighted by atomic mass is 19.1. The maximum absolute atomic E-state index is 13.4. The Hall–Kier alpha value is -2.11. The Morgan fingerprint density at radius 2 is 2.00 bits per heavy atom. The summed E-state index contributed by atoms with van der Waals surface area (Å²) >= 11 is 0. The van der Waals surface area contributed by atoms with Crippen molar-refractivity contribution in [1.82, 2.24) is 4.90 Å². The molecule has 1 fully saturated rings. The van der Waals surface area contributed by atoms with Crippen LogP contribution in [0.25, 0.3) is 0 Å². The first-order valence-electron chi connectivity index (χ1n) is 6.42. The minimum Gasteiger partial charge on any atom is -0.480 e. The van der Waals surface area contributed by atoms with Gasteiger partial charge in [-0.05, 0) is 18.4 Å². The molecule has 20 heavy (non-hydrogen) atoms. The average Bonchev–Trinajstić information content (AvgIpc) is 2.45. The summed E-state index contributed by atoms with van der Waals surface area (Å²) in [6.45, 7) is -0.190. The van der Waals surface area contributed by atoms with Crippen LogP contribution in [0.4, 0.5) is 9.18 Å². The van der Waals surface area contributed by atoms with Crippen molar-refractivity contribution in [2.24, 2.45) is 0 Å². The van der Waals surface area contributed by atoms with Crippen molar-refractivity contribution in [1.29, 1.82) is 0 Å². The topological polar surface area (TPSA) is 66.8 Å². The molecular weight excluding hydrogens is 265 g/mol. The number of amides is 1. The normalized spacial score (nSPS) is 22.4. The summed E-state index contributed by atoms with van der Waals surface area (Å²) < 4.78 is 18.4. The molecule has 2 unspecified atom stereocenters. The lowest BCUT2D eigenvalue weighted by molar-refractivity contribution is -0.144. The molecule has 1 saturated heterocycles. The molecule has 0 bridgehead atoms. The highest BCUT2D eigenvalue weighted by Crippen LogP contribution is 2.21. The van der Waals surface area contributed by atoms with Crippen LogP contribution in [0.2, 0.25) is 0 Å². The molecular formula is C14H16FNO4. The Bertz CT molecular complexity index is 479. The lowest BCUT2D eigenvalue weighted by Crippen LogP contribution is -2.51. The highest BCUT2D eigenvalue weighted by Gasteiger charge is 2.36. The summed E-state index contributed by atoms with van der Waals surface area (Å²) in [5, 5.41) is 9.06. The molecule has 1 aliphatic heterocycles. The van der Waals surface area contributed by atoms with Gasteiger partial charge in [-0.3, -0.25) is 4.90 Å². The number of piperidine rings is 1. The van der Waals surface area contributed by atoms with Crippen LogP contribution in [0.5, 0.6) is 0 Å². The van der Waals surface area contributed by atoms with Gasteiger partial charge in [0.05, 0.1) is 6.54 Å². The highest BCUT2D eigenvalue weighted by molar-refractivity contribution is 5.80. The lowest BCUT2D eigenvalue weighted by Gasteiger charge is -2.33.